The second kappa shape index (κ2) is 5.83. The molecule has 0 saturated carbocycles. The Morgan fingerprint density at radius 1 is 1.33 bits per heavy atom. The van der Waals surface area contributed by atoms with Crippen LogP contribution in [-0.2, 0) is 4.74 Å². The molecule has 0 amide bonds. The van der Waals surface area contributed by atoms with Crippen LogP contribution in [0.3, 0.4) is 0 Å². The van der Waals surface area contributed by atoms with Crippen molar-refractivity contribution in [3.05, 3.63) is 0 Å². The van der Waals surface area contributed by atoms with Gasteiger partial charge < -0.3 is 9.64 Å². The molecule has 0 atom stereocenters. The normalized spacial score (nSPS) is 20.8. The summed E-state index contributed by atoms with van der Waals surface area (Å²) in [5.74, 6) is 0.845. The number of ether oxygens (including phenoxy) is 1. The van der Waals surface area contributed by atoms with Crippen molar-refractivity contribution in [3.8, 4) is 0 Å². The molecule has 0 aliphatic carbocycles. The maximum atomic E-state index is 5.02. The summed E-state index contributed by atoms with van der Waals surface area (Å²) >= 11 is 0. The number of nitrogens with zero attached hydrogens (tertiary/aromatic N) is 1. The average molecular weight is 214 g/mol. The maximum Gasteiger partial charge on any atom is 0.0961 e. The van der Waals surface area contributed by atoms with Gasteiger partial charge in [0.25, 0.3) is 0 Å². The number of nitrogens with one attached hydrogen (secondary N) is 1. The molecular weight excluding hydrogens is 188 g/mol. The zero-order valence-corrected chi connectivity index (χ0v) is 10.7. The van der Waals surface area contributed by atoms with Crippen molar-refractivity contribution < 1.29 is 4.74 Å². The number of hydrogen-bond acceptors (Lipinski definition) is 3. The summed E-state index contributed by atoms with van der Waals surface area (Å²) in [6.45, 7) is 8.94. The number of hydrogen-bond donors (Lipinski definition) is 1. The molecule has 1 fully saturated rings. The summed E-state index contributed by atoms with van der Waals surface area (Å²) in [6.07, 6.45) is 2.66. The van der Waals surface area contributed by atoms with Crippen LogP contribution in [0.5, 0.6) is 0 Å². The van der Waals surface area contributed by atoms with Crippen molar-refractivity contribution in [2.45, 2.75) is 26.7 Å². The largest absolute Gasteiger partial charge is 0.370 e. The lowest BCUT2D eigenvalue weighted by Gasteiger charge is -2.39. The number of piperidine rings is 1. The first-order chi connectivity index (χ1) is 7.06. The van der Waals surface area contributed by atoms with E-state index in [2.05, 4.69) is 31.1 Å². The number of likely N-dealkylation sites (tertiary alicyclic amines) is 1. The van der Waals surface area contributed by atoms with E-state index in [1.165, 1.54) is 25.9 Å². The van der Waals surface area contributed by atoms with Crippen LogP contribution < -0.4 is 5.32 Å². The fourth-order valence-electron chi connectivity index (χ4n) is 2.41. The van der Waals surface area contributed by atoms with Gasteiger partial charge in [-0.1, -0.05) is 13.8 Å². The van der Waals surface area contributed by atoms with Gasteiger partial charge in [-0.25, -0.2) is 0 Å². The van der Waals surface area contributed by atoms with Crippen LogP contribution >= 0.6 is 0 Å². The molecule has 0 radical (unpaired) electrons. The van der Waals surface area contributed by atoms with Gasteiger partial charge >= 0.3 is 0 Å². The van der Waals surface area contributed by atoms with Crippen LogP contribution in [0.1, 0.15) is 26.7 Å². The van der Waals surface area contributed by atoms with E-state index < -0.39 is 0 Å². The van der Waals surface area contributed by atoms with Gasteiger partial charge in [0.2, 0.25) is 0 Å². The van der Waals surface area contributed by atoms with Gasteiger partial charge in [-0.05, 0) is 44.3 Å². The minimum atomic E-state index is 0.389. The highest BCUT2D eigenvalue weighted by Crippen LogP contribution is 2.33. The zero-order chi connectivity index (χ0) is 11.3. The van der Waals surface area contributed by atoms with Crippen molar-refractivity contribution in [1.82, 2.24) is 10.2 Å². The lowest BCUT2D eigenvalue weighted by Crippen LogP contribution is -2.42. The highest BCUT2D eigenvalue weighted by Gasteiger charge is 2.31. The van der Waals surface area contributed by atoms with Crippen LogP contribution in [0.2, 0.25) is 0 Å². The van der Waals surface area contributed by atoms with Crippen LogP contribution in [0.15, 0.2) is 0 Å². The predicted octanol–water partition coefficient (Wildman–Crippen LogP) is 1.55. The maximum absolute atomic E-state index is 5.02. The third-order valence-corrected chi connectivity index (χ3v) is 3.65. The van der Waals surface area contributed by atoms with Crippen molar-refractivity contribution in [2.24, 2.45) is 11.3 Å². The molecule has 0 bridgehead atoms. The first-order valence-electron chi connectivity index (χ1n) is 5.94. The molecule has 0 unspecified atom stereocenters. The molecule has 1 aliphatic heterocycles. The molecule has 15 heavy (non-hydrogen) atoms. The minimum Gasteiger partial charge on any atom is -0.370 e. The summed E-state index contributed by atoms with van der Waals surface area (Å²) in [4.78, 5) is 2.43. The van der Waals surface area contributed by atoms with Gasteiger partial charge in [0, 0.05) is 13.7 Å². The van der Waals surface area contributed by atoms with E-state index in [0.717, 1.165) is 12.5 Å². The summed E-state index contributed by atoms with van der Waals surface area (Å²) in [5, 5.41) is 3.35. The average Bonchev–Trinajstić information content (AvgIpc) is 2.18. The molecule has 0 aromatic carbocycles. The molecule has 1 aliphatic rings. The van der Waals surface area contributed by atoms with Crippen LogP contribution in [0.25, 0.3) is 0 Å². The molecule has 1 rings (SSSR count). The predicted molar refractivity (Wildman–Crippen MR) is 63.9 cm³/mol. The smallest absolute Gasteiger partial charge is 0.0961 e. The fraction of sp³-hybridized carbons (Fsp3) is 1.00. The first kappa shape index (κ1) is 12.9. The Morgan fingerprint density at radius 3 is 2.47 bits per heavy atom. The van der Waals surface area contributed by atoms with Crippen molar-refractivity contribution in [3.63, 3.8) is 0 Å². The van der Waals surface area contributed by atoms with Crippen LogP contribution in [0.4, 0.5) is 0 Å². The van der Waals surface area contributed by atoms with E-state index in [1.54, 1.807) is 7.11 Å². The zero-order valence-electron chi connectivity index (χ0n) is 10.7. The minimum absolute atomic E-state index is 0.389. The number of methoxy groups -OCH3 is 1. The fourth-order valence-corrected chi connectivity index (χ4v) is 2.41. The van der Waals surface area contributed by atoms with Gasteiger partial charge in [0.15, 0.2) is 0 Å². The summed E-state index contributed by atoms with van der Waals surface area (Å²) in [7, 11) is 3.95. The molecule has 3 heteroatoms. The molecule has 0 spiro atoms. The molecule has 1 heterocycles. The lowest BCUT2D eigenvalue weighted by molar-refractivity contribution is 0.0960. The van der Waals surface area contributed by atoms with Gasteiger partial charge in [-0.2, -0.15) is 0 Å². The third kappa shape index (κ3) is 4.09. The van der Waals surface area contributed by atoms with Crippen LogP contribution in [0, 0.1) is 11.3 Å². The Morgan fingerprint density at radius 2 is 1.93 bits per heavy atom. The summed E-state index contributed by atoms with van der Waals surface area (Å²) in [6, 6.07) is 0. The molecule has 1 N–H and O–H groups in total. The van der Waals surface area contributed by atoms with E-state index >= 15 is 0 Å². The van der Waals surface area contributed by atoms with Gasteiger partial charge in [0.05, 0.1) is 6.73 Å². The second-order valence-corrected chi connectivity index (χ2v) is 5.43. The van der Waals surface area contributed by atoms with Crippen molar-refractivity contribution >= 4 is 0 Å². The van der Waals surface area contributed by atoms with Gasteiger partial charge in [0.1, 0.15) is 0 Å². The topological polar surface area (TPSA) is 24.5 Å². The second-order valence-electron chi connectivity index (χ2n) is 5.43. The first-order valence-corrected chi connectivity index (χ1v) is 5.94. The third-order valence-electron chi connectivity index (χ3n) is 3.65. The monoisotopic (exact) mass is 214 g/mol. The van der Waals surface area contributed by atoms with E-state index in [0.29, 0.717) is 12.1 Å². The molecule has 90 valence electrons. The lowest BCUT2D eigenvalue weighted by atomic mass is 9.73. The molecule has 3 nitrogen and oxygen atoms in total. The number of rotatable bonds is 5. The van der Waals surface area contributed by atoms with E-state index in [1.807, 2.05) is 0 Å². The Kier molecular flexibility index (Phi) is 5.03. The Labute approximate surface area is 94.2 Å². The summed E-state index contributed by atoms with van der Waals surface area (Å²) < 4.78 is 5.02. The Balaban J connectivity index is 2.32. The SMILES string of the molecule is COCNCC(C)(C)C1CCN(C)CC1. The van der Waals surface area contributed by atoms with Crippen LogP contribution in [-0.4, -0.2) is 45.4 Å². The quantitative estimate of drug-likeness (QED) is 0.555. The highest BCUT2D eigenvalue weighted by atomic mass is 16.5. The van der Waals surface area contributed by atoms with E-state index in [9.17, 15) is 0 Å². The highest BCUT2D eigenvalue weighted by molar-refractivity contribution is 4.84. The van der Waals surface area contributed by atoms with Crippen molar-refractivity contribution in [1.29, 1.82) is 0 Å². The molecule has 0 aromatic rings. The summed E-state index contributed by atoms with van der Waals surface area (Å²) in [5.41, 5.74) is 0.389. The van der Waals surface area contributed by atoms with Gasteiger partial charge in [-0.3, -0.25) is 5.32 Å². The molecular formula is C12H26N2O. The van der Waals surface area contributed by atoms with E-state index in [4.69, 9.17) is 4.74 Å². The van der Waals surface area contributed by atoms with E-state index in [-0.39, 0.29) is 0 Å². The van der Waals surface area contributed by atoms with Gasteiger partial charge in [-0.15, -0.1) is 0 Å². The molecule has 0 aromatic heterocycles. The van der Waals surface area contributed by atoms with Crippen molar-refractivity contribution in [2.75, 3.05) is 40.5 Å². The Bertz CT molecular complexity index is 174. The standard InChI is InChI=1S/C12H26N2O/c1-12(2,9-13-10-15-4)11-5-7-14(3)8-6-11/h11,13H,5-10H2,1-4H3. The Hall–Kier alpha value is -0.120. The molecule has 1 saturated heterocycles.